The number of carbonyl (C=O) groups is 2. The number of carboxylic acids is 2. The van der Waals surface area contributed by atoms with Gasteiger partial charge in [0.2, 0.25) is 5.41 Å². The van der Waals surface area contributed by atoms with Crippen molar-refractivity contribution in [3.8, 4) is 0 Å². The largest absolute Gasteiger partial charge is 0.480 e. The number of aliphatic carboxylic acids is 2. The number of hydrogen-bond donors (Lipinski definition) is 2. The van der Waals surface area contributed by atoms with Gasteiger partial charge >= 0.3 is 53.7 Å². The summed E-state index contributed by atoms with van der Waals surface area (Å²) in [5, 5.41) is 17.0. The first-order chi connectivity index (χ1) is 13.2. The normalized spacial score (nSPS) is 15.7. The van der Waals surface area contributed by atoms with Crippen LogP contribution in [0.3, 0.4) is 0 Å². The van der Waals surface area contributed by atoms with Crippen molar-refractivity contribution in [1.29, 1.82) is 0 Å². The van der Waals surface area contributed by atoms with Crippen LogP contribution in [0.25, 0.3) is 0 Å². The van der Waals surface area contributed by atoms with Crippen molar-refractivity contribution >= 4 is 11.9 Å². The molecule has 0 heterocycles. The molecule has 0 aromatic carbocycles. The summed E-state index contributed by atoms with van der Waals surface area (Å²) in [6.07, 6.45) is -10.1. The highest BCUT2D eigenvalue weighted by Crippen LogP contribution is 2.64. The van der Waals surface area contributed by atoms with Crippen molar-refractivity contribution < 1.29 is 85.7 Å². The van der Waals surface area contributed by atoms with Crippen molar-refractivity contribution in [2.75, 3.05) is 0 Å². The molecule has 0 saturated carbocycles. The minimum absolute atomic E-state index is 0.00885. The van der Waals surface area contributed by atoms with Gasteiger partial charge < -0.3 is 10.2 Å². The highest BCUT2D eigenvalue weighted by Gasteiger charge is 2.95. The topological polar surface area (TPSA) is 74.6 Å². The lowest BCUT2D eigenvalue weighted by atomic mass is 9.73. The number of alkyl halides is 15. The van der Waals surface area contributed by atoms with Crippen LogP contribution in [-0.2, 0) is 9.59 Å². The molecule has 0 aromatic rings. The molecule has 0 rings (SSSR count). The third kappa shape index (κ3) is 3.25. The van der Waals surface area contributed by atoms with Gasteiger partial charge in [-0.3, -0.25) is 9.59 Å². The summed E-state index contributed by atoms with van der Waals surface area (Å²) in [7, 11) is 0. The molecular formula is C12H7F15O4. The molecule has 0 aromatic heterocycles. The molecule has 0 aliphatic heterocycles. The Morgan fingerprint density at radius 1 is 0.516 bits per heavy atom. The van der Waals surface area contributed by atoms with E-state index in [0.717, 1.165) is 0 Å². The molecule has 0 bridgehead atoms. The maximum absolute atomic E-state index is 14.0. The number of halogens is 15. The third-order valence-corrected chi connectivity index (χ3v) is 4.12. The average Bonchev–Trinajstić information content (AvgIpc) is 2.52. The molecule has 0 atom stereocenters. The fraction of sp³-hybridized carbons (Fsp3) is 0.833. The molecular weight excluding hydrogens is 493 g/mol. The van der Waals surface area contributed by atoms with Crippen LogP contribution < -0.4 is 0 Å². The van der Waals surface area contributed by atoms with E-state index in [4.69, 9.17) is 10.2 Å². The second-order valence-corrected chi connectivity index (χ2v) is 5.81. The summed E-state index contributed by atoms with van der Waals surface area (Å²) < 4.78 is 196. The molecule has 184 valence electrons. The quantitative estimate of drug-likeness (QED) is 0.348. The monoisotopic (exact) mass is 500 g/mol. The van der Waals surface area contributed by atoms with Crippen molar-refractivity contribution in [3.63, 3.8) is 0 Å². The Balaban J connectivity index is 7.11. The Morgan fingerprint density at radius 3 is 0.935 bits per heavy atom. The second-order valence-electron chi connectivity index (χ2n) is 5.81. The summed E-state index contributed by atoms with van der Waals surface area (Å²) in [5.41, 5.74) is -5.43. The first-order valence-corrected chi connectivity index (χ1v) is 7.00. The summed E-state index contributed by atoms with van der Waals surface area (Å²) in [6.45, 7) is 0.00885. The summed E-state index contributed by atoms with van der Waals surface area (Å²) in [6, 6.07) is 0. The fourth-order valence-corrected chi connectivity index (χ4v) is 2.12. The van der Waals surface area contributed by atoms with Gasteiger partial charge in [-0.2, -0.15) is 65.9 Å². The van der Waals surface area contributed by atoms with Gasteiger partial charge in [-0.1, -0.05) is 6.92 Å². The van der Waals surface area contributed by atoms with Gasteiger partial charge in [-0.05, 0) is 6.42 Å². The van der Waals surface area contributed by atoms with Crippen LogP contribution in [0.15, 0.2) is 0 Å². The Labute approximate surface area is 159 Å². The molecule has 0 amide bonds. The van der Waals surface area contributed by atoms with E-state index in [2.05, 4.69) is 0 Å². The van der Waals surface area contributed by atoms with Crippen molar-refractivity contribution in [3.05, 3.63) is 0 Å². The first-order valence-electron chi connectivity index (χ1n) is 7.00. The minimum Gasteiger partial charge on any atom is -0.480 e. The van der Waals surface area contributed by atoms with Crippen LogP contribution in [0.5, 0.6) is 0 Å². The van der Waals surface area contributed by atoms with Gasteiger partial charge in [0.05, 0.1) is 0 Å². The average molecular weight is 500 g/mol. The predicted octanol–water partition coefficient (Wildman–Crippen LogP) is 4.93. The lowest BCUT2D eigenvalue weighted by Gasteiger charge is -2.44. The lowest BCUT2D eigenvalue weighted by Crippen LogP contribution is -2.75. The maximum atomic E-state index is 14.0. The number of rotatable bonds is 9. The molecule has 4 nitrogen and oxygen atoms in total. The SMILES string of the molecule is CCC(C(=O)O)(C(=O)O)C(F)(F)C(F)(F)C(F)(F)C(F)(F)C(F)(F)C(F)(F)C(F)(F)F. The van der Waals surface area contributed by atoms with Crippen LogP contribution in [0.2, 0.25) is 0 Å². The van der Waals surface area contributed by atoms with Crippen LogP contribution in [0.1, 0.15) is 13.3 Å². The molecule has 0 unspecified atom stereocenters. The molecule has 0 saturated heterocycles. The van der Waals surface area contributed by atoms with E-state index in [9.17, 15) is 75.4 Å². The Bertz CT molecular complexity index is 710. The van der Waals surface area contributed by atoms with Gasteiger partial charge in [0.15, 0.2) is 0 Å². The van der Waals surface area contributed by atoms with E-state index in [0.29, 0.717) is 0 Å². The Morgan fingerprint density at radius 2 is 0.742 bits per heavy atom. The molecule has 0 fully saturated rings. The third-order valence-electron chi connectivity index (χ3n) is 4.12. The van der Waals surface area contributed by atoms with E-state index in [-0.39, 0.29) is 6.92 Å². The Kier molecular flexibility index (Phi) is 6.72. The summed E-state index contributed by atoms with van der Waals surface area (Å²) in [4.78, 5) is 21.6. The number of carboxylic acid groups (broad SMARTS) is 2. The van der Waals surface area contributed by atoms with Gasteiger partial charge in [0.25, 0.3) is 0 Å². The zero-order valence-electron chi connectivity index (χ0n) is 14.1. The molecule has 0 aliphatic rings. The smallest absolute Gasteiger partial charge is 0.460 e. The van der Waals surface area contributed by atoms with E-state index in [1.54, 1.807) is 0 Å². The van der Waals surface area contributed by atoms with E-state index < -0.39 is 65.5 Å². The van der Waals surface area contributed by atoms with Gasteiger partial charge in [0.1, 0.15) is 0 Å². The number of hydrogen-bond acceptors (Lipinski definition) is 2. The molecule has 31 heavy (non-hydrogen) atoms. The van der Waals surface area contributed by atoms with Crippen molar-refractivity contribution in [2.45, 2.75) is 55.1 Å². The molecule has 0 spiro atoms. The molecule has 19 heteroatoms. The molecule has 0 aliphatic carbocycles. The zero-order valence-corrected chi connectivity index (χ0v) is 14.1. The zero-order chi connectivity index (χ0) is 25.9. The van der Waals surface area contributed by atoms with E-state index in [1.165, 1.54) is 0 Å². The predicted molar refractivity (Wildman–Crippen MR) is 63.7 cm³/mol. The Hall–Kier alpha value is -2.11. The second kappa shape index (κ2) is 7.21. The van der Waals surface area contributed by atoms with Crippen LogP contribution in [-0.4, -0.2) is 63.9 Å². The fourth-order valence-electron chi connectivity index (χ4n) is 2.12. The standard InChI is InChI=1S/C12H7F15O4/c1-2-5(3(28)29,4(30)31)6(13,14)7(15,16)8(17,18)9(19,20)10(21,22)11(23,24)12(25,26)27/h2H2,1H3,(H,28,29)(H,30,31). The summed E-state index contributed by atoms with van der Waals surface area (Å²) in [5.74, 6) is -56.8. The van der Waals surface area contributed by atoms with Crippen LogP contribution in [0.4, 0.5) is 65.9 Å². The van der Waals surface area contributed by atoms with Crippen molar-refractivity contribution in [1.82, 2.24) is 0 Å². The van der Waals surface area contributed by atoms with Gasteiger partial charge in [-0.25, -0.2) is 0 Å². The summed E-state index contributed by atoms with van der Waals surface area (Å²) >= 11 is 0. The minimum atomic E-state index is -8.64. The van der Waals surface area contributed by atoms with Crippen LogP contribution >= 0.6 is 0 Å². The highest BCUT2D eigenvalue weighted by atomic mass is 19.4. The maximum Gasteiger partial charge on any atom is 0.460 e. The molecule has 2 N–H and O–H groups in total. The van der Waals surface area contributed by atoms with E-state index in [1.807, 2.05) is 0 Å². The first kappa shape index (κ1) is 28.9. The van der Waals surface area contributed by atoms with E-state index >= 15 is 0 Å². The van der Waals surface area contributed by atoms with Crippen molar-refractivity contribution in [2.24, 2.45) is 5.41 Å². The van der Waals surface area contributed by atoms with Gasteiger partial charge in [-0.15, -0.1) is 0 Å². The molecule has 0 radical (unpaired) electrons. The van der Waals surface area contributed by atoms with Crippen LogP contribution in [0, 0.1) is 5.41 Å². The highest BCUT2D eigenvalue weighted by molar-refractivity contribution is 5.99. The lowest BCUT2D eigenvalue weighted by molar-refractivity contribution is -0.456. The van der Waals surface area contributed by atoms with Gasteiger partial charge in [0, 0.05) is 0 Å².